The summed E-state index contributed by atoms with van der Waals surface area (Å²) in [6.45, 7) is 5.65. The molecule has 138 valence electrons. The van der Waals surface area contributed by atoms with Gasteiger partial charge in [-0.1, -0.05) is 24.3 Å². The number of aliphatic carboxylic acids is 1. The van der Waals surface area contributed by atoms with Crippen LogP contribution >= 0.6 is 0 Å². The smallest absolute Gasteiger partial charge is 0.147 e. The highest BCUT2D eigenvalue weighted by Gasteiger charge is 2.07. The Kier molecular flexibility index (Phi) is 5.35. The summed E-state index contributed by atoms with van der Waals surface area (Å²) in [5.41, 5.74) is 7.98. The van der Waals surface area contributed by atoms with Crippen molar-refractivity contribution in [1.29, 1.82) is 0 Å². The third kappa shape index (κ3) is 4.23. The summed E-state index contributed by atoms with van der Waals surface area (Å²) in [6.07, 6.45) is 1.56. The number of para-hydroxylation sites is 1. The monoisotopic (exact) mass is 362 g/mol. The Labute approximate surface area is 157 Å². The summed E-state index contributed by atoms with van der Waals surface area (Å²) in [4.78, 5) is 15.3. The molecule has 0 bridgehead atoms. The van der Waals surface area contributed by atoms with Gasteiger partial charge in [0.15, 0.2) is 0 Å². The molecule has 1 heterocycles. The molecule has 0 radical (unpaired) electrons. The van der Waals surface area contributed by atoms with E-state index in [1.165, 1.54) is 5.56 Å². The second kappa shape index (κ2) is 7.86. The fraction of sp³-hybridized carbons (Fsp3) is 0.190. The summed E-state index contributed by atoms with van der Waals surface area (Å²) in [5.74, 6) is -0.221. The van der Waals surface area contributed by atoms with Crippen LogP contribution in [-0.2, 0) is 4.79 Å². The molecule has 0 spiro atoms. The van der Waals surface area contributed by atoms with Gasteiger partial charge in [0.25, 0.3) is 0 Å². The maximum absolute atomic E-state index is 10.6. The number of fused-ring (bicyclic) bond motifs is 1. The van der Waals surface area contributed by atoms with Crippen LogP contribution in [0.25, 0.3) is 10.9 Å². The topological polar surface area (TPSA) is 86.6 Å². The molecule has 2 aromatic carbocycles. The molecular formula is C21H20N3O3-. The van der Waals surface area contributed by atoms with Crippen molar-refractivity contribution in [1.82, 2.24) is 4.98 Å². The van der Waals surface area contributed by atoms with Crippen LogP contribution in [0.15, 0.2) is 47.6 Å². The van der Waals surface area contributed by atoms with Crippen LogP contribution in [0, 0.1) is 20.8 Å². The van der Waals surface area contributed by atoms with E-state index in [1.807, 2.05) is 19.1 Å². The van der Waals surface area contributed by atoms with E-state index >= 15 is 0 Å². The molecule has 3 aromatic rings. The number of benzene rings is 2. The lowest BCUT2D eigenvalue weighted by Gasteiger charge is -2.10. The minimum absolute atomic E-state index is 0.418. The second-order valence-electron chi connectivity index (χ2n) is 6.30. The normalized spacial score (nSPS) is 11.1. The molecule has 0 saturated carbocycles. The third-order valence-corrected chi connectivity index (χ3v) is 4.36. The van der Waals surface area contributed by atoms with E-state index in [-0.39, 0.29) is 0 Å². The zero-order valence-electron chi connectivity index (χ0n) is 15.4. The SMILES string of the molecule is Cc1ccc2c(C)cc(N/N=C\c3ccccc3OCC(=O)[O-])nc2c1C. The number of rotatable bonds is 6. The molecule has 1 aromatic heterocycles. The lowest BCUT2D eigenvalue weighted by molar-refractivity contribution is -0.307. The van der Waals surface area contributed by atoms with Crippen LogP contribution in [0.1, 0.15) is 22.3 Å². The number of anilines is 1. The van der Waals surface area contributed by atoms with Crippen LogP contribution in [0.2, 0.25) is 0 Å². The highest BCUT2D eigenvalue weighted by Crippen LogP contribution is 2.25. The number of pyridine rings is 1. The average Bonchev–Trinajstić information content (AvgIpc) is 2.64. The van der Waals surface area contributed by atoms with E-state index in [4.69, 9.17) is 4.74 Å². The minimum Gasteiger partial charge on any atom is -0.546 e. The van der Waals surface area contributed by atoms with Gasteiger partial charge >= 0.3 is 0 Å². The summed E-state index contributed by atoms with van der Waals surface area (Å²) in [6, 6.07) is 13.1. The van der Waals surface area contributed by atoms with Crippen molar-refractivity contribution in [3.8, 4) is 5.75 Å². The highest BCUT2D eigenvalue weighted by atomic mass is 16.5. The van der Waals surface area contributed by atoms with Crippen molar-refractivity contribution in [2.45, 2.75) is 20.8 Å². The Balaban J connectivity index is 1.83. The predicted octanol–water partition coefficient (Wildman–Crippen LogP) is 2.73. The Bertz CT molecular complexity index is 1030. The van der Waals surface area contributed by atoms with E-state index in [1.54, 1.807) is 24.4 Å². The lowest BCUT2D eigenvalue weighted by Crippen LogP contribution is -2.29. The van der Waals surface area contributed by atoms with Gasteiger partial charge in [-0.2, -0.15) is 5.10 Å². The van der Waals surface area contributed by atoms with E-state index in [9.17, 15) is 9.90 Å². The van der Waals surface area contributed by atoms with Gasteiger partial charge in [0, 0.05) is 10.9 Å². The van der Waals surface area contributed by atoms with E-state index in [0.717, 1.165) is 22.0 Å². The zero-order valence-corrected chi connectivity index (χ0v) is 15.4. The number of aryl methyl sites for hydroxylation is 3. The van der Waals surface area contributed by atoms with E-state index in [2.05, 4.69) is 41.5 Å². The fourth-order valence-corrected chi connectivity index (χ4v) is 2.78. The van der Waals surface area contributed by atoms with Crippen LogP contribution in [0.3, 0.4) is 0 Å². The number of nitrogens with one attached hydrogen (secondary N) is 1. The first-order chi connectivity index (χ1) is 13.0. The number of nitrogens with zero attached hydrogens (tertiary/aromatic N) is 2. The lowest BCUT2D eigenvalue weighted by atomic mass is 10.0. The van der Waals surface area contributed by atoms with Gasteiger partial charge in [0.2, 0.25) is 0 Å². The second-order valence-corrected chi connectivity index (χ2v) is 6.30. The number of hydrogen-bond acceptors (Lipinski definition) is 6. The maximum atomic E-state index is 10.6. The van der Waals surface area contributed by atoms with E-state index < -0.39 is 12.6 Å². The van der Waals surface area contributed by atoms with Crippen molar-refractivity contribution in [2.75, 3.05) is 12.0 Å². The zero-order chi connectivity index (χ0) is 19.4. The number of carbonyl (C=O) groups is 1. The summed E-state index contributed by atoms with van der Waals surface area (Å²) in [7, 11) is 0. The minimum atomic E-state index is -1.28. The van der Waals surface area contributed by atoms with Crippen molar-refractivity contribution >= 4 is 28.9 Å². The van der Waals surface area contributed by atoms with Crippen molar-refractivity contribution < 1.29 is 14.6 Å². The number of carboxylic acid groups (broad SMARTS) is 1. The van der Waals surface area contributed by atoms with Gasteiger partial charge in [-0.3, -0.25) is 5.43 Å². The van der Waals surface area contributed by atoms with Gasteiger partial charge in [0.1, 0.15) is 18.2 Å². The number of hydrazone groups is 1. The summed E-state index contributed by atoms with van der Waals surface area (Å²) >= 11 is 0. The van der Waals surface area contributed by atoms with Gasteiger partial charge in [-0.05, 0) is 55.7 Å². The molecule has 6 heteroatoms. The van der Waals surface area contributed by atoms with E-state index in [0.29, 0.717) is 17.1 Å². The van der Waals surface area contributed by atoms with Crippen LogP contribution < -0.4 is 15.3 Å². The molecule has 1 N–H and O–H groups in total. The van der Waals surface area contributed by atoms with Crippen molar-refractivity contribution in [3.63, 3.8) is 0 Å². The van der Waals surface area contributed by atoms with Crippen LogP contribution in [-0.4, -0.2) is 23.8 Å². The molecule has 27 heavy (non-hydrogen) atoms. The van der Waals surface area contributed by atoms with Gasteiger partial charge in [-0.25, -0.2) is 4.98 Å². The van der Waals surface area contributed by atoms with Gasteiger partial charge in [0.05, 0.1) is 17.7 Å². The van der Waals surface area contributed by atoms with Gasteiger partial charge < -0.3 is 14.6 Å². The predicted molar refractivity (Wildman–Crippen MR) is 104 cm³/mol. The first-order valence-electron chi connectivity index (χ1n) is 8.54. The number of carbonyl (C=O) groups excluding carboxylic acids is 1. The molecule has 3 rings (SSSR count). The first kappa shape index (κ1) is 18.4. The summed E-state index contributed by atoms with van der Waals surface area (Å²) < 4.78 is 5.21. The highest BCUT2D eigenvalue weighted by molar-refractivity contribution is 5.88. The van der Waals surface area contributed by atoms with Crippen LogP contribution in [0.5, 0.6) is 5.75 Å². The molecule has 0 atom stereocenters. The Morgan fingerprint density at radius 2 is 1.96 bits per heavy atom. The van der Waals surface area contributed by atoms with Crippen molar-refractivity contribution in [2.24, 2.45) is 5.10 Å². The molecule has 6 nitrogen and oxygen atoms in total. The Morgan fingerprint density at radius 3 is 2.74 bits per heavy atom. The standard InChI is InChI=1S/C21H21N3O3/c1-13-8-9-17-14(2)10-19(23-21(17)15(13)3)24-22-11-16-6-4-5-7-18(16)27-12-20(25)26/h4-11H,12H2,1-3H3,(H,23,24)(H,25,26)/p-1/b22-11-. The first-order valence-corrected chi connectivity index (χ1v) is 8.54. The number of aromatic nitrogens is 1. The third-order valence-electron chi connectivity index (χ3n) is 4.36. The molecule has 0 aliphatic carbocycles. The Hall–Kier alpha value is -3.41. The molecule has 0 saturated heterocycles. The molecule has 0 amide bonds. The molecular weight excluding hydrogens is 342 g/mol. The maximum Gasteiger partial charge on any atom is 0.147 e. The van der Waals surface area contributed by atoms with Gasteiger partial charge in [-0.15, -0.1) is 0 Å². The quantitative estimate of drug-likeness (QED) is 0.538. The molecule has 0 aliphatic rings. The Morgan fingerprint density at radius 1 is 1.19 bits per heavy atom. The van der Waals surface area contributed by atoms with Crippen molar-refractivity contribution in [3.05, 3.63) is 64.7 Å². The number of ether oxygens (including phenoxy) is 1. The number of hydrogen-bond donors (Lipinski definition) is 1. The molecule has 0 aliphatic heterocycles. The molecule has 0 unspecified atom stereocenters. The number of carboxylic acids is 1. The summed E-state index contributed by atoms with van der Waals surface area (Å²) in [5, 5.41) is 15.9. The molecule has 0 fully saturated rings. The fourth-order valence-electron chi connectivity index (χ4n) is 2.78. The largest absolute Gasteiger partial charge is 0.546 e. The van der Waals surface area contributed by atoms with Crippen LogP contribution in [0.4, 0.5) is 5.82 Å². The average molecular weight is 362 g/mol.